The van der Waals surface area contributed by atoms with Gasteiger partial charge in [-0.3, -0.25) is 0 Å². The van der Waals surface area contributed by atoms with E-state index in [0.29, 0.717) is 10.8 Å². The van der Waals surface area contributed by atoms with Crippen molar-refractivity contribution in [1.82, 2.24) is 5.32 Å². The van der Waals surface area contributed by atoms with Gasteiger partial charge in [0.1, 0.15) is 0 Å². The summed E-state index contributed by atoms with van der Waals surface area (Å²) in [6.45, 7) is 15.1. The molecule has 27 heavy (non-hydrogen) atoms. The van der Waals surface area contributed by atoms with Crippen LogP contribution in [0.25, 0.3) is 0 Å². The van der Waals surface area contributed by atoms with Gasteiger partial charge in [-0.2, -0.15) is 0 Å². The van der Waals surface area contributed by atoms with Crippen LogP contribution in [0.3, 0.4) is 0 Å². The Morgan fingerprint density at radius 1 is 0.778 bits per heavy atom. The molecule has 160 valence electrons. The molecule has 1 heteroatoms. The summed E-state index contributed by atoms with van der Waals surface area (Å²) in [5.41, 5.74) is 1.02. The average molecular weight is 378 g/mol. The lowest BCUT2D eigenvalue weighted by Crippen LogP contribution is -2.33. The number of hydrogen-bond acceptors (Lipinski definition) is 1. The zero-order valence-electron chi connectivity index (χ0n) is 19.5. The topological polar surface area (TPSA) is 12.0 Å². The van der Waals surface area contributed by atoms with Gasteiger partial charge in [0.2, 0.25) is 0 Å². The summed E-state index contributed by atoms with van der Waals surface area (Å²) in [7, 11) is 0. The van der Waals surface area contributed by atoms with Gasteiger partial charge < -0.3 is 5.32 Å². The minimum absolute atomic E-state index is 0.435. The highest BCUT2D eigenvalue weighted by Gasteiger charge is 2.35. The molecule has 2 rings (SSSR count). The largest absolute Gasteiger partial charge is 0.316 e. The van der Waals surface area contributed by atoms with Crippen molar-refractivity contribution in [3.05, 3.63) is 0 Å². The molecule has 1 nitrogen and oxygen atoms in total. The van der Waals surface area contributed by atoms with Gasteiger partial charge in [0.25, 0.3) is 0 Å². The van der Waals surface area contributed by atoms with E-state index in [-0.39, 0.29) is 0 Å². The maximum Gasteiger partial charge on any atom is 0.000273 e. The Morgan fingerprint density at radius 2 is 1.30 bits per heavy atom. The minimum Gasteiger partial charge on any atom is -0.316 e. The molecule has 0 aromatic heterocycles. The maximum atomic E-state index is 3.77. The van der Waals surface area contributed by atoms with Gasteiger partial charge in [-0.1, -0.05) is 92.4 Å². The Morgan fingerprint density at radius 3 is 1.85 bits per heavy atom. The summed E-state index contributed by atoms with van der Waals surface area (Å²) in [5.74, 6) is 2.60. The first-order valence-corrected chi connectivity index (χ1v) is 12.5. The molecular weight excluding hydrogens is 326 g/mol. The molecule has 0 bridgehead atoms. The van der Waals surface area contributed by atoms with Crippen molar-refractivity contribution >= 4 is 0 Å². The highest BCUT2D eigenvalue weighted by molar-refractivity contribution is 4.87. The van der Waals surface area contributed by atoms with E-state index in [1.165, 1.54) is 103 Å². The van der Waals surface area contributed by atoms with Gasteiger partial charge in [0.15, 0.2) is 0 Å². The number of nitrogens with one attached hydrogen (secondary N) is 1. The molecule has 1 saturated carbocycles. The zero-order chi connectivity index (χ0) is 19.8. The molecular formula is C26H51N. The SMILES string of the molecule is CC1CNCC(C)(C)CC(CC2(C)CCCCCCCCCCC2)C(C)C1. The first kappa shape index (κ1) is 23.2. The molecule has 0 aromatic carbocycles. The highest BCUT2D eigenvalue weighted by Crippen LogP contribution is 2.44. The second-order valence-corrected chi connectivity index (χ2v) is 11.8. The van der Waals surface area contributed by atoms with E-state index < -0.39 is 0 Å². The van der Waals surface area contributed by atoms with Gasteiger partial charge >= 0.3 is 0 Å². The fourth-order valence-corrected chi connectivity index (χ4v) is 6.13. The minimum atomic E-state index is 0.435. The molecule has 1 heterocycles. The van der Waals surface area contributed by atoms with Crippen molar-refractivity contribution in [2.75, 3.05) is 13.1 Å². The summed E-state index contributed by atoms with van der Waals surface area (Å²) >= 11 is 0. The Kier molecular flexibility index (Phi) is 9.66. The van der Waals surface area contributed by atoms with Gasteiger partial charge in [-0.05, 0) is 67.2 Å². The van der Waals surface area contributed by atoms with Crippen LogP contribution in [0.2, 0.25) is 0 Å². The molecule has 0 aromatic rings. The van der Waals surface area contributed by atoms with Crippen molar-refractivity contribution in [3.8, 4) is 0 Å². The lowest BCUT2D eigenvalue weighted by molar-refractivity contribution is 0.118. The van der Waals surface area contributed by atoms with Crippen molar-refractivity contribution in [1.29, 1.82) is 0 Å². The van der Waals surface area contributed by atoms with Gasteiger partial charge in [-0.25, -0.2) is 0 Å². The molecule has 3 unspecified atom stereocenters. The van der Waals surface area contributed by atoms with Crippen LogP contribution in [-0.4, -0.2) is 13.1 Å². The third-order valence-electron chi connectivity index (χ3n) is 7.81. The number of hydrogen-bond donors (Lipinski definition) is 1. The second-order valence-electron chi connectivity index (χ2n) is 11.8. The molecule has 0 amide bonds. The molecule has 0 radical (unpaired) electrons. The molecule has 1 N–H and O–H groups in total. The van der Waals surface area contributed by atoms with Crippen molar-refractivity contribution in [2.45, 2.75) is 125 Å². The highest BCUT2D eigenvalue weighted by atomic mass is 14.9. The van der Waals surface area contributed by atoms with Crippen LogP contribution in [0.5, 0.6) is 0 Å². The van der Waals surface area contributed by atoms with E-state index in [0.717, 1.165) is 17.8 Å². The Labute approximate surface area is 171 Å². The first-order chi connectivity index (χ1) is 12.8. The fourth-order valence-electron chi connectivity index (χ4n) is 6.13. The van der Waals surface area contributed by atoms with Crippen LogP contribution < -0.4 is 5.32 Å². The third kappa shape index (κ3) is 8.88. The summed E-state index contributed by atoms with van der Waals surface area (Å²) in [6, 6.07) is 0. The van der Waals surface area contributed by atoms with Gasteiger partial charge in [0.05, 0.1) is 0 Å². The predicted octanol–water partition coefficient (Wildman–Crippen LogP) is 7.99. The van der Waals surface area contributed by atoms with E-state index in [4.69, 9.17) is 0 Å². The van der Waals surface area contributed by atoms with Crippen LogP contribution in [-0.2, 0) is 0 Å². The smallest absolute Gasteiger partial charge is 0.000273 e. The van der Waals surface area contributed by atoms with E-state index in [1.807, 2.05) is 0 Å². The molecule has 1 aliphatic carbocycles. The Balaban J connectivity index is 2.05. The van der Waals surface area contributed by atoms with Crippen LogP contribution in [0.1, 0.15) is 125 Å². The predicted molar refractivity (Wildman–Crippen MR) is 121 cm³/mol. The molecule has 3 atom stereocenters. The quantitative estimate of drug-likeness (QED) is 0.514. The molecule has 1 saturated heterocycles. The van der Waals surface area contributed by atoms with E-state index >= 15 is 0 Å². The summed E-state index contributed by atoms with van der Waals surface area (Å²) in [6.07, 6.45) is 20.5. The summed E-state index contributed by atoms with van der Waals surface area (Å²) < 4.78 is 0. The fraction of sp³-hybridized carbons (Fsp3) is 1.00. The zero-order valence-corrected chi connectivity index (χ0v) is 19.5. The van der Waals surface area contributed by atoms with Gasteiger partial charge in [0, 0.05) is 6.54 Å². The van der Waals surface area contributed by atoms with Crippen LogP contribution in [0.15, 0.2) is 0 Å². The first-order valence-electron chi connectivity index (χ1n) is 12.5. The molecule has 2 aliphatic rings. The van der Waals surface area contributed by atoms with E-state index in [1.54, 1.807) is 0 Å². The van der Waals surface area contributed by atoms with Crippen molar-refractivity contribution in [3.63, 3.8) is 0 Å². The van der Waals surface area contributed by atoms with Crippen LogP contribution in [0, 0.1) is 28.6 Å². The monoisotopic (exact) mass is 377 g/mol. The Bertz CT molecular complexity index is 387. The second kappa shape index (κ2) is 11.2. The van der Waals surface area contributed by atoms with Crippen LogP contribution >= 0.6 is 0 Å². The number of rotatable bonds is 2. The van der Waals surface area contributed by atoms with E-state index in [2.05, 4.69) is 39.9 Å². The summed E-state index contributed by atoms with van der Waals surface area (Å²) in [4.78, 5) is 0. The maximum absolute atomic E-state index is 3.77. The lowest BCUT2D eigenvalue weighted by Gasteiger charge is -2.39. The Hall–Kier alpha value is -0.0400. The molecule has 0 spiro atoms. The third-order valence-corrected chi connectivity index (χ3v) is 7.81. The van der Waals surface area contributed by atoms with E-state index in [9.17, 15) is 0 Å². The molecule has 1 aliphatic heterocycles. The summed E-state index contributed by atoms with van der Waals surface area (Å²) in [5, 5.41) is 3.77. The van der Waals surface area contributed by atoms with Crippen molar-refractivity contribution in [2.24, 2.45) is 28.6 Å². The van der Waals surface area contributed by atoms with Gasteiger partial charge in [-0.15, -0.1) is 0 Å². The van der Waals surface area contributed by atoms with Crippen LogP contribution in [0.4, 0.5) is 0 Å². The standard InChI is InChI=1S/C26H51N/c1-22-17-23(2)24(18-25(3,4)21-27-20-22)19-26(5)15-13-11-9-7-6-8-10-12-14-16-26/h22-24,27H,6-21H2,1-5H3. The van der Waals surface area contributed by atoms with Crippen molar-refractivity contribution < 1.29 is 0 Å². The lowest BCUT2D eigenvalue weighted by atomic mass is 9.66. The molecule has 2 fully saturated rings. The average Bonchev–Trinajstić information content (AvgIpc) is 2.61. The normalized spacial score (nSPS) is 34.3.